The molecule has 100 valence electrons. The van der Waals surface area contributed by atoms with Crippen LogP contribution in [-0.2, 0) is 6.42 Å². The first kappa shape index (κ1) is 13.5. The van der Waals surface area contributed by atoms with E-state index >= 15 is 0 Å². The van der Waals surface area contributed by atoms with Crippen molar-refractivity contribution in [2.75, 3.05) is 18.0 Å². The Kier molecular flexibility index (Phi) is 4.47. The molecule has 0 unspecified atom stereocenters. The van der Waals surface area contributed by atoms with Gasteiger partial charge in [0, 0.05) is 18.4 Å². The molecule has 0 aliphatic rings. The van der Waals surface area contributed by atoms with E-state index in [1.54, 1.807) is 6.07 Å². The first-order valence-corrected chi connectivity index (χ1v) is 6.42. The fourth-order valence-corrected chi connectivity index (χ4v) is 2.01. The number of anilines is 2. The zero-order valence-corrected chi connectivity index (χ0v) is 11.0. The van der Waals surface area contributed by atoms with Crippen molar-refractivity contribution in [3.8, 4) is 0 Å². The Morgan fingerprint density at radius 3 is 2.68 bits per heavy atom. The molecule has 0 amide bonds. The van der Waals surface area contributed by atoms with Crippen molar-refractivity contribution in [3.05, 3.63) is 54.0 Å². The fraction of sp³-hybridized carbons (Fsp3) is 0.267. The molecule has 1 aromatic carbocycles. The van der Waals surface area contributed by atoms with Crippen molar-refractivity contribution in [1.82, 2.24) is 4.98 Å². The molecule has 4 heteroatoms. The summed E-state index contributed by atoms with van der Waals surface area (Å²) in [5.74, 6) is 0.574. The monoisotopic (exact) mass is 259 g/mol. The van der Waals surface area contributed by atoms with E-state index in [2.05, 4.69) is 4.98 Å². The minimum absolute atomic E-state index is 0.240. The third-order valence-corrected chi connectivity index (χ3v) is 2.95. The topological polar surface area (TPSA) is 42.1 Å². The molecule has 1 heterocycles. The molecule has 3 nitrogen and oxygen atoms in total. The normalized spacial score (nSPS) is 10.5. The number of halogens is 1. The smallest absolute Gasteiger partial charge is 0.132 e. The second-order valence-corrected chi connectivity index (χ2v) is 4.29. The van der Waals surface area contributed by atoms with E-state index in [-0.39, 0.29) is 5.82 Å². The summed E-state index contributed by atoms with van der Waals surface area (Å²) in [5, 5.41) is 0. The summed E-state index contributed by atoms with van der Waals surface area (Å²) in [6.45, 7) is 3.36. The molecule has 2 aromatic rings. The van der Waals surface area contributed by atoms with Crippen molar-refractivity contribution in [3.63, 3.8) is 0 Å². The fourth-order valence-electron chi connectivity index (χ4n) is 2.01. The number of benzene rings is 1. The summed E-state index contributed by atoms with van der Waals surface area (Å²) in [7, 11) is 0. The van der Waals surface area contributed by atoms with Gasteiger partial charge in [-0.15, -0.1) is 0 Å². The summed E-state index contributed by atoms with van der Waals surface area (Å²) in [6.07, 6.45) is 2.64. The molecular formula is C15H18FN3. The lowest BCUT2D eigenvalue weighted by molar-refractivity contribution is 0.627. The number of nitrogens with two attached hydrogens (primary N) is 1. The Hall–Kier alpha value is -1.94. The molecule has 1 aromatic heterocycles. The lowest BCUT2D eigenvalue weighted by atomic mass is 10.2. The molecule has 2 rings (SSSR count). The van der Waals surface area contributed by atoms with E-state index in [1.165, 1.54) is 12.1 Å². The molecule has 0 spiro atoms. The van der Waals surface area contributed by atoms with E-state index in [1.807, 2.05) is 36.2 Å². The number of pyridine rings is 1. The van der Waals surface area contributed by atoms with E-state index in [4.69, 9.17) is 5.73 Å². The van der Waals surface area contributed by atoms with E-state index < -0.39 is 0 Å². The largest absolute Gasteiger partial charge is 0.330 e. The van der Waals surface area contributed by atoms with Crippen LogP contribution >= 0.6 is 0 Å². The summed E-state index contributed by atoms with van der Waals surface area (Å²) >= 11 is 0. The van der Waals surface area contributed by atoms with Crippen molar-refractivity contribution in [2.24, 2.45) is 5.73 Å². The van der Waals surface area contributed by atoms with Crippen LogP contribution in [-0.4, -0.2) is 18.1 Å². The summed E-state index contributed by atoms with van der Waals surface area (Å²) in [6, 6.07) is 10.5. The lowest BCUT2D eigenvalue weighted by Crippen LogP contribution is -2.17. The van der Waals surface area contributed by atoms with Gasteiger partial charge in [0.15, 0.2) is 0 Å². The van der Waals surface area contributed by atoms with Crippen LogP contribution < -0.4 is 10.6 Å². The van der Waals surface area contributed by atoms with Gasteiger partial charge in [-0.1, -0.05) is 12.1 Å². The SMILES string of the molecule is CCN(c1cccc(F)c1)c1ccc(CCN)cn1. The maximum absolute atomic E-state index is 13.3. The van der Waals surface area contributed by atoms with Crippen LogP contribution in [0, 0.1) is 5.82 Å². The van der Waals surface area contributed by atoms with Crippen molar-refractivity contribution in [1.29, 1.82) is 0 Å². The first-order valence-electron chi connectivity index (χ1n) is 6.42. The number of nitrogens with zero attached hydrogens (tertiary/aromatic N) is 2. The van der Waals surface area contributed by atoms with Crippen LogP contribution in [0.1, 0.15) is 12.5 Å². The van der Waals surface area contributed by atoms with Crippen LogP contribution in [0.2, 0.25) is 0 Å². The highest BCUT2D eigenvalue weighted by Gasteiger charge is 2.09. The van der Waals surface area contributed by atoms with Crippen LogP contribution in [0.15, 0.2) is 42.6 Å². The predicted molar refractivity (Wildman–Crippen MR) is 76.1 cm³/mol. The van der Waals surface area contributed by atoms with Gasteiger partial charge in [-0.05, 0) is 49.7 Å². The molecule has 0 radical (unpaired) electrons. The van der Waals surface area contributed by atoms with Crippen LogP contribution in [0.4, 0.5) is 15.9 Å². The molecule has 0 atom stereocenters. The van der Waals surface area contributed by atoms with Crippen LogP contribution in [0.3, 0.4) is 0 Å². The second kappa shape index (κ2) is 6.29. The van der Waals surface area contributed by atoms with Gasteiger partial charge in [-0.3, -0.25) is 0 Å². The van der Waals surface area contributed by atoms with Crippen LogP contribution in [0.5, 0.6) is 0 Å². The van der Waals surface area contributed by atoms with E-state index in [0.717, 1.165) is 30.0 Å². The third kappa shape index (κ3) is 3.29. The van der Waals surface area contributed by atoms with Gasteiger partial charge in [-0.2, -0.15) is 0 Å². The predicted octanol–water partition coefficient (Wildman–Crippen LogP) is 2.88. The molecule has 0 bridgehead atoms. The molecular weight excluding hydrogens is 241 g/mol. The number of hydrogen-bond donors (Lipinski definition) is 1. The Bertz CT molecular complexity index is 525. The first-order chi connectivity index (χ1) is 9.24. The van der Waals surface area contributed by atoms with Crippen molar-refractivity contribution in [2.45, 2.75) is 13.3 Å². The van der Waals surface area contributed by atoms with Gasteiger partial charge < -0.3 is 10.6 Å². The van der Waals surface area contributed by atoms with Crippen molar-refractivity contribution >= 4 is 11.5 Å². The second-order valence-electron chi connectivity index (χ2n) is 4.29. The highest BCUT2D eigenvalue weighted by Crippen LogP contribution is 2.23. The number of hydrogen-bond acceptors (Lipinski definition) is 3. The maximum Gasteiger partial charge on any atom is 0.132 e. The minimum Gasteiger partial charge on any atom is -0.330 e. The summed E-state index contributed by atoms with van der Waals surface area (Å²) < 4.78 is 13.3. The third-order valence-electron chi connectivity index (χ3n) is 2.95. The zero-order valence-electron chi connectivity index (χ0n) is 11.0. The van der Waals surface area contributed by atoms with Crippen molar-refractivity contribution < 1.29 is 4.39 Å². The molecule has 0 aliphatic carbocycles. The van der Waals surface area contributed by atoms with Gasteiger partial charge in [-0.25, -0.2) is 9.37 Å². The Morgan fingerprint density at radius 2 is 2.11 bits per heavy atom. The Morgan fingerprint density at radius 1 is 1.26 bits per heavy atom. The number of rotatable bonds is 5. The molecule has 0 saturated carbocycles. The van der Waals surface area contributed by atoms with Gasteiger partial charge in [0.05, 0.1) is 0 Å². The van der Waals surface area contributed by atoms with Gasteiger partial charge in [0.25, 0.3) is 0 Å². The summed E-state index contributed by atoms with van der Waals surface area (Å²) in [5.41, 5.74) is 7.43. The zero-order chi connectivity index (χ0) is 13.7. The molecule has 0 fully saturated rings. The molecule has 0 saturated heterocycles. The minimum atomic E-state index is -0.240. The van der Waals surface area contributed by atoms with Gasteiger partial charge >= 0.3 is 0 Å². The highest BCUT2D eigenvalue weighted by molar-refractivity contribution is 5.59. The average Bonchev–Trinajstić information content (AvgIpc) is 2.42. The highest BCUT2D eigenvalue weighted by atomic mass is 19.1. The Labute approximate surface area is 112 Å². The van der Waals surface area contributed by atoms with E-state index in [0.29, 0.717) is 6.54 Å². The molecule has 2 N–H and O–H groups in total. The van der Waals surface area contributed by atoms with Crippen LogP contribution in [0.25, 0.3) is 0 Å². The standard InChI is InChI=1S/C15H18FN3/c1-2-19(14-5-3-4-13(16)10-14)15-7-6-12(8-9-17)11-18-15/h3-7,10-11H,2,8-9,17H2,1H3. The van der Waals surface area contributed by atoms with Gasteiger partial charge in [0.2, 0.25) is 0 Å². The van der Waals surface area contributed by atoms with Gasteiger partial charge in [0.1, 0.15) is 11.6 Å². The lowest BCUT2D eigenvalue weighted by Gasteiger charge is -2.22. The Balaban J connectivity index is 2.26. The average molecular weight is 259 g/mol. The molecule has 19 heavy (non-hydrogen) atoms. The van der Waals surface area contributed by atoms with E-state index in [9.17, 15) is 4.39 Å². The quantitative estimate of drug-likeness (QED) is 0.897. The maximum atomic E-state index is 13.3. The number of aromatic nitrogens is 1. The summed E-state index contributed by atoms with van der Waals surface area (Å²) in [4.78, 5) is 6.39. The molecule has 0 aliphatic heterocycles.